The molecule has 1 saturated carbocycles. The number of nitrogens with one attached hydrogen (secondary N) is 1. The molecule has 2 heterocycles. The molecule has 0 bridgehead atoms. The first-order valence-electron chi connectivity index (χ1n) is 12.6. The van der Waals surface area contributed by atoms with Gasteiger partial charge in [0, 0.05) is 23.4 Å². The van der Waals surface area contributed by atoms with Gasteiger partial charge in [-0.15, -0.1) is 0 Å². The lowest BCUT2D eigenvalue weighted by molar-refractivity contribution is -0.122. The molecular weight excluding hydrogens is 384 g/mol. The van der Waals surface area contributed by atoms with Crippen LogP contribution in [0.2, 0.25) is 0 Å². The SMILES string of the molecule is CC(C)CCC(=O)N[C@H]1CC[C@H](CCN2CCC(c3coc4ccccc34)CC2)CC1. The molecule has 0 unspecified atom stereocenters. The Morgan fingerprint density at radius 3 is 2.58 bits per heavy atom. The number of para-hydroxylation sites is 1. The third-order valence-corrected chi connectivity index (χ3v) is 7.55. The molecule has 2 aliphatic rings. The molecule has 1 aliphatic heterocycles. The number of likely N-dealkylation sites (tertiary alicyclic amines) is 1. The molecular formula is C27H40N2O2. The van der Waals surface area contributed by atoms with Gasteiger partial charge < -0.3 is 14.6 Å². The van der Waals surface area contributed by atoms with Gasteiger partial charge >= 0.3 is 0 Å². The van der Waals surface area contributed by atoms with Crippen LogP contribution in [0.4, 0.5) is 0 Å². The second-order valence-electron chi connectivity index (χ2n) is 10.3. The van der Waals surface area contributed by atoms with Gasteiger partial charge in [-0.2, -0.15) is 0 Å². The van der Waals surface area contributed by atoms with E-state index >= 15 is 0 Å². The van der Waals surface area contributed by atoms with Gasteiger partial charge in [0.05, 0.1) is 6.26 Å². The monoisotopic (exact) mass is 424 g/mol. The van der Waals surface area contributed by atoms with Crippen molar-refractivity contribution in [1.82, 2.24) is 10.2 Å². The number of benzene rings is 1. The average molecular weight is 425 g/mol. The number of furan rings is 1. The Balaban J connectivity index is 1.14. The van der Waals surface area contributed by atoms with E-state index < -0.39 is 0 Å². The van der Waals surface area contributed by atoms with Crippen LogP contribution in [0.5, 0.6) is 0 Å². The molecule has 0 radical (unpaired) electrons. The van der Waals surface area contributed by atoms with E-state index in [1.807, 2.05) is 12.3 Å². The molecule has 4 nitrogen and oxygen atoms in total. The highest BCUT2D eigenvalue weighted by atomic mass is 16.3. The van der Waals surface area contributed by atoms with Crippen molar-refractivity contribution in [2.24, 2.45) is 11.8 Å². The highest BCUT2D eigenvalue weighted by Crippen LogP contribution is 2.35. The van der Waals surface area contributed by atoms with Crippen LogP contribution in [-0.4, -0.2) is 36.5 Å². The fraction of sp³-hybridized carbons (Fsp3) is 0.667. The minimum atomic E-state index is 0.255. The van der Waals surface area contributed by atoms with E-state index in [4.69, 9.17) is 4.42 Å². The number of hydrogen-bond acceptors (Lipinski definition) is 3. The van der Waals surface area contributed by atoms with Crippen molar-refractivity contribution in [3.05, 3.63) is 36.1 Å². The summed E-state index contributed by atoms with van der Waals surface area (Å²) in [4.78, 5) is 14.8. The first-order valence-corrected chi connectivity index (χ1v) is 12.6. The van der Waals surface area contributed by atoms with Crippen molar-refractivity contribution in [2.45, 2.75) is 83.6 Å². The Morgan fingerprint density at radius 1 is 1.10 bits per heavy atom. The zero-order valence-corrected chi connectivity index (χ0v) is 19.4. The summed E-state index contributed by atoms with van der Waals surface area (Å²) in [6.45, 7) is 7.99. The van der Waals surface area contributed by atoms with E-state index in [1.54, 1.807) is 0 Å². The normalized spacial score (nSPS) is 23.5. The third-order valence-electron chi connectivity index (χ3n) is 7.55. The van der Waals surface area contributed by atoms with Gasteiger partial charge in [-0.25, -0.2) is 0 Å². The van der Waals surface area contributed by atoms with Crippen molar-refractivity contribution >= 4 is 16.9 Å². The minimum absolute atomic E-state index is 0.255. The summed E-state index contributed by atoms with van der Waals surface area (Å²) in [5.41, 5.74) is 2.43. The van der Waals surface area contributed by atoms with E-state index in [1.165, 1.54) is 62.7 Å². The molecule has 4 heteroatoms. The molecule has 31 heavy (non-hydrogen) atoms. The van der Waals surface area contributed by atoms with Crippen LogP contribution in [0, 0.1) is 11.8 Å². The summed E-state index contributed by atoms with van der Waals surface area (Å²) in [6, 6.07) is 8.84. The first-order chi connectivity index (χ1) is 15.1. The van der Waals surface area contributed by atoms with Gasteiger partial charge in [-0.3, -0.25) is 4.79 Å². The molecule has 0 spiro atoms. The number of piperidine rings is 1. The highest BCUT2D eigenvalue weighted by molar-refractivity contribution is 5.81. The van der Waals surface area contributed by atoms with Gasteiger partial charge in [0.25, 0.3) is 0 Å². The number of hydrogen-bond donors (Lipinski definition) is 1. The standard InChI is InChI=1S/C27H40N2O2/c1-20(2)7-12-27(30)28-23-10-8-21(9-11-23)13-16-29-17-14-22(15-18-29)25-19-31-26-6-4-3-5-24(25)26/h3-6,19-23H,7-18H2,1-2H3,(H,28,30)/t21-,23-. The van der Waals surface area contributed by atoms with Crippen molar-refractivity contribution in [1.29, 1.82) is 0 Å². The fourth-order valence-electron chi connectivity index (χ4n) is 5.46. The summed E-state index contributed by atoms with van der Waals surface area (Å²) in [5.74, 6) is 2.32. The molecule has 4 rings (SSSR count). The van der Waals surface area contributed by atoms with Crippen molar-refractivity contribution in [2.75, 3.05) is 19.6 Å². The Bertz CT molecular complexity index is 827. The molecule has 1 amide bonds. The highest BCUT2D eigenvalue weighted by Gasteiger charge is 2.26. The topological polar surface area (TPSA) is 45.5 Å². The van der Waals surface area contributed by atoms with Crippen LogP contribution in [-0.2, 0) is 4.79 Å². The van der Waals surface area contributed by atoms with Crippen LogP contribution < -0.4 is 5.32 Å². The van der Waals surface area contributed by atoms with Gasteiger partial charge in [0.2, 0.25) is 5.91 Å². The Hall–Kier alpha value is -1.81. The van der Waals surface area contributed by atoms with E-state index in [9.17, 15) is 4.79 Å². The van der Waals surface area contributed by atoms with Gasteiger partial charge in [0.15, 0.2) is 0 Å². The first kappa shape index (κ1) is 22.4. The maximum absolute atomic E-state index is 12.1. The number of rotatable bonds is 8. The van der Waals surface area contributed by atoms with Crippen LogP contribution in [0.3, 0.4) is 0 Å². The maximum Gasteiger partial charge on any atom is 0.220 e. The summed E-state index contributed by atoms with van der Waals surface area (Å²) in [5, 5.41) is 4.57. The van der Waals surface area contributed by atoms with Gasteiger partial charge in [0.1, 0.15) is 5.58 Å². The summed E-state index contributed by atoms with van der Waals surface area (Å²) >= 11 is 0. The van der Waals surface area contributed by atoms with Crippen LogP contribution >= 0.6 is 0 Å². The predicted molar refractivity (Wildman–Crippen MR) is 127 cm³/mol. The zero-order valence-electron chi connectivity index (χ0n) is 19.4. The average Bonchev–Trinajstić information content (AvgIpc) is 3.22. The molecule has 0 atom stereocenters. The van der Waals surface area contributed by atoms with E-state index in [-0.39, 0.29) is 5.91 Å². The number of carbonyl (C=O) groups is 1. The summed E-state index contributed by atoms with van der Waals surface area (Å²) in [7, 11) is 0. The summed E-state index contributed by atoms with van der Waals surface area (Å²) in [6.07, 6.45) is 12.3. The molecule has 2 fully saturated rings. The van der Waals surface area contributed by atoms with Crippen molar-refractivity contribution in [3.8, 4) is 0 Å². The molecule has 2 aromatic rings. The van der Waals surface area contributed by atoms with Gasteiger partial charge in [-0.05, 0) is 94.8 Å². The third kappa shape index (κ3) is 6.12. The number of nitrogens with zero attached hydrogens (tertiary/aromatic N) is 1. The second kappa shape index (κ2) is 10.7. The Kier molecular flexibility index (Phi) is 7.71. The smallest absolute Gasteiger partial charge is 0.220 e. The van der Waals surface area contributed by atoms with Crippen LogP contribution in [0.15, 0.2) is 34.9 Å². The molecule has 1 aromatic heterocycles. The number of amides is 1. The maximum atomic E-state index is 12.1. The lowest BCUT2D eigenvalue weighted by atomic mass is 9.83. The molecule has 1 aromatic carbocycles. The molecule has 1 N–H and O–H groups in total. The van der Waals surface area contributed by atoms with Crippen LogP contribution in [0.25, 0.3) is 11.0 Å². The van der Waals surface area contributed by atoms with Crippen molar-refractivity contribution in [3.63, 3.8) is 0 Å². The van der Waals surface area contributed by atoms with Crippen molar-refractivity contribution < 1.29 is 9.21 Å². The number of carbonyl (C=O) groups excluding carboxylic acids is 1. The van der Waals surface area contributed by atoms with E-state index in [0.717, 1.165) is 30.8 Å². The molecule has 1 saturated heterocycles. The van der Waals surface area contributed by atoms with E-state index in [0.29, 0.717) is 24.3 Å². The quantitative estimate of drug-likeness (QED) is 0.556. The Labute approximate surface area is 187 Å². The number of fused-ring (bicyclic) bond motifs is 1. The lowest BCUT2D eigenvalue weighted by Gasteiger charge is -2.34. The van der Waals surface area contributed by atoms with E-state index in [2.05, 4.69) is 42.3 Å². The fourth-order valence-corrected chi connectivity index (χ4v) is 5.46. The largest absolute Gasteiger partial charge is 0.464 e. The molecule has 170 valence electrons. The summed E-state index contributed by atoms with van der Waals surface area (Å²) < 4.78 is 5.77. The van der Waals surface area contributed by atoms with Gasteiger partial charge in [-0.1, -0.05) is 32.0 Å². The zero-order chi connectivity index (χ0) is 21.6. The molecule has 1 aliphatic carbocycles. The minimum Gasteiger partial charge on any atom is -0.464 e. The predicted octanol–water partition coefficient (Wildman–Crippen LogP) is 6.11. The second-order valence-corrected chi connectivity index (χ2v) is 10.3. The Morgan fingerprint density at radius 2 is 1.84 bits per heavy atom. The van der Waals surface area contributed by atoms with Crippen LogP contribution in [0.1, 0.15) is 83.1 Å². The lowest BCUT2D eigenvalue weighted by Crippen LogP contribution is -2.38.